The number of hydrogen-bond donors (Lipinski definition) is 1. The lowest BCUT2D eigenvalue weighted by molar-refractivity contribution is -0.219. The lowest BCUT2D eigenvalue weighted by atomic mass is 9.99. The summed E-state index contributed by atoms with van der Waals surface area (Å²) in [4.78, 5) is 11.2. The molecule has 2 aliphatic rings. The lowest BCUT2D eigenvalue weighted by Crippen LogP contribution is -2.56. The maximum Gasteiger partial charge on any atom is 0.490 e. The van der Waals surface area contributed by atoms with Gasteiger partial charge in [0.1, 0.15) is 6.10 Å². The number of rotatable bonds is 3. The van der Waals surface area contributed by atoms with E-state index in [2.05, 4.69) is 15.5 Å². The van der Waals surface area contributed by atoms with Crippen molar-refractivity contribution in [3.05, 3.63) is 17.8 Å². The third-order valence-corrected chi connectivity index (χ3v) is 4.05. The highest BCUT2D eigenvalue weighted by Crippen LogP contribution is 2.39. The van der Waals surface area contributed by atoms with Crippen LogP contribution < -0.4 is 10.1 Å². The molecule has 1 aromatic rings. The van der Waals surface area contributed by atoms with E-state index in [9.17, 15) is 18.0 Å². The highest BCUT2D eigenvalue weighted by molar-refractivity contribution is 5.76. The first kappa shape index (κ1) is 16.0. The molecule has 0 aliphatic carbocycles. The van der Waals surface area contributed by atoms with Gasteiger partial charge in [-0.25, -0.2) is 4.79 Å². The number of hydrogen-bond acceptors (Lipinski definition) is 6. The molecule has 126 valence electrons. The number of nitrogens with one attached hydrogen (secondary N) is 1. The Bertz CT molecular complexity index is 593. The molecule has 0 unspecified atom stereocenters. The number of esters is 1. The van der Waals surface area contributed by atoms with Gasteiger partial charge in [0, 0.05) is 31.4 Å². The Balaban J connectivity index is 1.69. The molecule has 0 aromatic carbocycles. The Morgan fingerprint density at radius 3 is 2.83 bits per heavy atom. The first-order chi connectivity index (χ1) is 10.8. The maximum atomic E-state index is 12.5. The van der Waals surface area contributed by atoms with Crippen molar-refractivity contribution in [2.45, 2.75) is 56.7 Å². The van der Waals surface area contributed by atoms with Crippen molar-refractivity contribution in [1.29, 1.82) is 0 Å². The second-order valence-corrected chi connectivity index (χ2v) is 5.95. The standard InChI is InChI=1S/C14H16F3N3O3/c1-8-2-3-11(20-19-8)22-10-6-9-4-5-13(7-10,18-9)23-12(21)14(15,16)17/h2-3,9-10,18H,4-7H2,1H3/t9-,10+,13+/m0/s1. The second-order valence-electron chi connectivity index (χ2n) is 5.95. The zero-order valence-corrected chi connectivity index (χ0v) is 12.4. The number of fused-ring (bicyclic) bond motifs is 2. The molecule has 0 spiro atoms. The molecule has 0 radical (unpaired) electrons. The van der Waals surface area contributed by atoms with E-state index >= 15 is 0 Å². The molecule has 2 bridgehead atoms. The Morgan fingerprint density at radius 1 is 1.39 bits per heavy atom. The minimum atomic E-state index is -5.01. The van der Waals surface area contributed by atoms with Gasteiger partial charge in [0.2, 0.25) is 5.88 Å². The van der Waals surface area contributed by atoms with Crippen molar-refractivity contribution >= 4 is 5.97 Å². The Morgan fingerprint density at radius 2 is 2.17 bits per heavy atom. The van der Waals surface area contributed by atoms with E-state index in [1.807, 2.05) is 0 Å². The Labute approximate surface area is 130 Å². The topological polar surface area (TPSA) is 73.3 Å². The molecule has 2 saturated heterocycles. The fourth-order valence-electron chi connectivity index (χ4n) is 3.10. The number of nitrogens with zero attached hydrogens (tertiary/aromatic N) is 2. The largest absolute Gasteiger partial charge is 0.490 e. The second kappa shape index (κ2) is 5.63. The summed E-state index contributed by atoms with van der Waals surface area (Å²) in [6.45, 7) is 1.78. The number of piperidine rings is 1. The summed E-state index contributed by atoms with van der Waals surface area (Å²) in [6.07, 6.45) is -3.68. The Hall–Kier alpha value is -1.90. The van der Waals surface area contributed by atoms with Crippen LogP contribution in [0.4, 0.5) is 13.2 Å². The molecule has 1 aromatic heterocycles. The smallest absolute Gasteiger partial charge is 0.473 e. The number of carbonyl (C=O) groups is 1. The van der Waals surface area contributed by atoms with Gasteiger partial charge < -0.3 is 9.47 Å². The summed E-state index contributed by atoms with van der Waals surface area (Å²) < 4.78 is 47.8. The fourth-order valence-corrected chi connectivity index (χ4v) is 3.10. The Kier molecular flexibility index (Phi) is 3.91. The van der Waals surface area contributed by atoms with Gasteiger partial charge in [-0.3, -0.25) is 5.32 Å². The first-order valence-electron chi connectivity index (χ1n) is 7.31. The van der Waals surface area contributed by atoms with Crippen LogP contribution in [0, 0.1) is 6.92 Å². The van der Waals surface area contributed by atoms with Crippen LogP contribution in [-0.2, 0) is 9.53 Å². The van der Waals surface area contributed by atoms with E-state index in [0.717, 1.165) is 5.69 Å². The monoisotopic (exact) mass is 331 g/mol. The van der Waals surface area contributed by atoms with E-state index in [1.165, 1.54) is 0 Å². The third-order valence-electron chi connectivity index (χ3n) is 4.05. The van der Waals surface area contributed by atoms with Gasteiger partial charge >= 0.3 is 12.1 Å². The van der Waals surface area contributed by atoms with E-state index in [0.29, 0.717) is 25.1 Å². The van der Waals surface area contributed by atoms with Crippen molar-refractivity contribution in [1.82, 2.24) is 15.5 Å². The lowest BCUT2D eigenvalue weighted by Gasteiger charge is -2.38. The van der Waals surface area contributed by atoms with Crippen LogP contribution in [-0.4, -0.2) is 40.2 Å². The molecule has 3 atom stereocenters. The van der Waals surface area contributed by atoms with Gasteiger partial charge in [0.25, 0.3) is 0 Å². The highest BCUT2D eigenvalue weighted by Gasteiger charge is 2.53. The molecule has 2 aliphatic heterocycles. The van der Waals surface area contributed by atoms with Crippen LogP contribution in [0.2, 0.25) is 0 Å². The number of carbonyl (C=O) groups excluding carboxylic acids is 1. The van der Waals surface area contributed by atoms with Crippen molar-refractivity contribution in [3.8, 4) is 5.88 Å². The maximum absolute atomic E-state index is 12.5. The molecule has 6 nitrogen and oxygen atoms in total. The predicted octanol–water partition coefficient (Wildman–Crippen LogP) is 1.88. The van der Waals surface area contributed by atoms with E-state index in [-0.39, 0.29) is 18.6 Å². The van der Waals surface area contributed by atoms with Crippen LogP contribution in [0.15, 0.2) is 12.1 Å². The van der Waals surface area contributed by atoms with E-state index < -0.39 is 17.9 Å². The summed E-state index contributed by atoms with van der Waals surface area (Å²) in [5, 5.41) is 10.7. The molecule has 23 heavy (non-hydrogen) atoms. The highest BCUT2D eigenvalue weighted by atomic mass is 19.4. The molecule has 1 N–H and O–H groups in total. The van der Waals surface area contributed by atoms with E-state index in [1.54, 1.807) is 19.1 Å². The molecular weight excluding hydrogens is 315 g/mol. The summed E-state index contributed by atoms with van der Waals surface area (Å²) in [5.74, 6) is -1.87. The van der Waals surface area contributed by atoms with Crippen LogP contribution in [0.1, 0.15) is 31.4 Å². The zero-order valence-electron chi connectivity index (χ0n) is 12.4. The predicted molar refractivity (Wildman–Crippen MR) is 71.5 cm³/mol. The van der Waals surface area contributed by atoms with Gasteiger partial charge in [-0.2, -0.15) is 18.3 Å². The molecule has 0 amide bonds. The van der Waals surface area contributed by atoms with Crippen LogP contribution >= 0.6 is 0 Å². The van der Waals surface area contributed by atoms with Crippen LogP contribution in [0.5, 0.6) is 5.88 Å². The van der Waals surface area contributed by atoms with Gasteiger partial charge in [-0.1, -0.05) is 0 Å². The number of aromatic nitrogens is 2. The zero-order chi connectivity index (χ0) is 16.7. The normalized spacial score (nSPS) is 30.1. The van der Waals surface area contributed by atoms with Crippen LogP contribution in [0.3, 0.4) is 0 Å². The van der Waals surface area contributed by atoms with Gasteiger partial charge in [-0.05, 0) is 19.4 Å². The number of halogens is 3. The van der Waals surface area contributed by atoms with Gasteiger partial charge in [0.15, 0.2) is 5.72 Å². The minimum Gasteiger partial charge on any atom is -0.473 e. The summed E-state index contributed by atoms with van der Waals surface area (Å²) in [7, 11) is 0. The average molecular weight is 331 g/mol. The number of alkyl halides is 3. The minimum absolute atomic E-state index is 0.0480. The first-order valence-corrected chi connectivity index (χ1v) is 7.31. The van der Waals surface area contributed by atoms with Crippen LogP contribution in [0.25, 0.3) is 0 Å². The average Bonchev–Trinajstić information content (AvgIpc) is 2.75. The fraction of sp³-hybridized carbons (Fsp3) is 0.643. The summed E-state index contributed by atoms with van der Waals surface area (Å²) in [6, 6.07) is 3.34. The van der Waals surface area contributed by atoms with Gasteiger partial charge in [0.05, 0.1) is 5.69 Å². The third kappa shape index (κ3) is 3.54. The number of aryl methyl sites for hydroxylation is 1. The van der Waals surface area contributed by atoms with Gasteiger partial charge in [-0.15, -0.1) is 5.10 Å². The summed E-state index contributed by atoms with van der Waals surface area (Å²) in [5.41, 5.74) is -0.587. The molecule has 0 saturated carbocycles. The van der Waals surface area contributed by atoms with Crippen molar-refractivity contribution in [2.24, 2.45) is 0 Å². The molecule has 3 rings (SSSR count). The quantitative estimate of drug-likeness (QED) is 0.853. The molecule has 2 fully saturated rings. The summed E-state index contributed by atoms with van der Waals surface area (Å²) >= 11 is 0. The molecule has 3 heterocycles. The van der Waals surface area contributed by atoms with E-state index in [4.69, 9.17) is 9.47 Å². The van der Waals surface area contributed by atoms with Crippen molar-refractivity contribution in [3.63, 3.8) is 0 Å². The molecule has 9 heteroatoms. The SMILES string of the molecule is Cc1ccc(O[C@@H]2C[C@@H]3CC[C@@](OC(=O)C(F)(F)F)(C2)N3)nn1. The van der Waals surface area contributed by atoms with Crippen molar-refractivity contribution < 1.29 is 27.4 Å². The molecular formula is C14H16F3N3O3. The van der Waals surface area contributed by atoms with Crippen molar-refractivity contribution in [2.75, 3.05) is 0 Å². The number of ether oxygens (including phenoxy) is 2.